The maximum atomic E-state index is 11.6. The predicted molar refractivity (Wildman–Crippen MR) is 55.3 cm³/mol. The van der Waals surface area contributed by atoms with Crippen LogP contribution in [-0.2, 0) is 4.74 Å². The Bertz CT molecular complexity index is 306. The molecule has 1 heterocycles. The van der Waals surface area contributed by atoms with Crippen molar-refractivity contribution in [3.8, 4) is 12.3 Å². The highest BCUT2D eigenvalue weighted by Crippen LogP contribution is 2.15. The van der Waals surface area contributed by atoms with Gasteiger partial charge in [0, 0.05) is 0 Å². The third-order valence-corrected chi connectivity index (χ3v) is 1.60. The average Bonchev–Trinajstić information content (AvgIpc) is 2.84. The fourth-order valence-electron chi connectivity index (χ4n) is 0.958. The van der Waals surface area contributed by atoms with Crippen LogP contribution in [0.4, 0.5) is 4.79 Å². The van der Waals surface area contributed by atoms with Crippen LogP contribution in [0.3, 0.4) is 0 Å². The SMILES string of the molecule is C#CCN(CC1N=N1)C(=O)OC(C)(C)C. The molecule has 0 unspecified atom stereocenters. The summed E-state index contributed by atoms with van der Waals surface area (Å²) in [6.45, 7) is 6.05. The fourth-order valence-corrected chi connectivity index (χ4v) is 0.958. The van der Waals surface area contributed by atoms with E-state index in [1.807, 2.05) is 20.8 Å². The van der Waals surface area contributed by atoms with Crippen LogP contribution in [0.15, 0.2) is 10.2 Å². The Morgan fingerprint density at radius 3 is 2.53 bits per heavy atom. The van der Waals surface area contributed by atoms with Crippen LogP contribution in [0, 0.1) is 12.3 Å². The van der Waals surface area contributed by atoms with E-state index in [9.17, 15) is 4.79 Å². The highest BCUT2D eigenvalue weighted by molar-refractivity contribution is 5.68. The van der Waals surface area contributed by atoms with Gasteiger partial charge < -0.3 is 4.74 Å². The number of hydrogen-bond donors (Lipinski definition) is 0. The topological polar surface area (TPSA) is 54.3 Å². The Balaban J connectivity index is 2.47. The zero-order valence-corrected chi connectivity index (χ0v) is 9.23. The summed E-state index contributed by atoms with van der Waals surface area (Å²) in [5, 5.41) is 7.42. The monoisotopic (exact) mass is 209 g/mol. The first kappa shape index (κ1) is 11.5. The van der Waals surface area contributed by atoms with Gasteiger partial charge in [0.15, 0.2) is 6.17 Å². The summed E-state index contributed by atoms with van der Waals surface area (Å²) in [5.41, 5.74) is -0.512. The van der Waals surface area contributed by atoms with Gasteiger partial charge in [0.05, 0.1) is 13.1 Å². The molecule has 15 heavy (non-hydrogen) atoms. The van der Waals surface area contributed by atoms with Crippen LogP contribution in [0.1, 0.15) is 20.8 Å². The van der Waals surface area contributed by atoms with E-state index in [0.717, 1.165) is 0 Å². The Morgan fingerprint density at radius 2 is 2.13 bits per heavy atom. The summed E-state index contributed by atoms with van der Waals surface area (Å²) >= 11 is 0. The molecule has 5 nitrogen and oxygen atoms in total. The van der Waals surface area contributed by atoms with Crippen LogP contribution < -0.4 is 0 Å². The van der Waals surface area contributed by atoms with Gasteiger partial charge in [-0.15, -0.1) is 6.42 Å². The van der Waals surface area contributed by atoms with Crippen LogP contribution in [-0.4, -0.2) is 35.8 Å². The molecule has 5 heteroatoms. The van der Waals surface area contributed by atoms with Gasteiger partial charge in [0.2, 0.25) is 0 Å². The lowest BCUT2D eigenvalue weighted by molar-refractivity contribution is 0.0275. The smallest absolute Gasteiger partial charge is 0.411 e. The van der Waals surface area contributed by atoms with Gasteiger partial charge in [-0.1, -0.05) is 5.92 Å². The molecule has 1 rings (SSSR count). The molecular weight excluding hydrogens is 194 g/mol. The van der Waals surface area contributed by atoms with E-state index in [1.54, 1.807) is 0 Å². The quantitative estimate of drug-likeness (QED) is 0.663. The van der Waals surface area contributed by atoms with Crippen molar-refractivity contribution in [2.45, 2.75) is 32.5 Å². The Hall–Kier alpha value is -1.57. The summed E-state index contributed by atoms with van der Waals surface area (Å²) in [5.74, 6) is 2.41. The van der Waals surface area contributed by atoms with Crippen molar-refractivity contribution in [1.82, 2.24) is 4.90 Å². The number of rotatable bonds is 3. The third-order valence-electron chi connectivity index (χ3n) is 1.60. The standard InChI is InChI=1S/C10H15N3O2/c1-5-6-13(7-8-11-12-8)9(14)15-10(2,3)4/h1,8H,6-7H2,2-4H3. The van der Waals surface area contributed by atoms with Gasteiger partial charge in [-0.3, -0.25) is 4.90 Å². The lowest BCUT2D eigenvalue weighted by Gasteiger charge is -2.25. The maximum Gasteiger partial charge on any atom is 0.411 e. The van der Waals surface area contributed by atoms with Crippen LogP contribution in [0.5, 0.6) is 0 Å². The van der Waals surface area contributed by atoms with Crippen molar-refractivity contribution >= 4 is 6.09 Å². The van der Waals surface area contributed by atoms with E-state index < -0.39 is 11.7 Å². The molecule has 1 aliphatic heterocycles. The highest BCUT2D eigenvalue weighted by atomic mass is 16.6. The number of carbonyl (C=O) groups is 1. The lowest BCUT2D eigenvalue weighted by Crippen LogP contribution is -2.39. The second kappa shape index (κ2) is 4.30. The Kier molecular flexibility index (Phi) is 3.30. The van der Waals surface area contributed by atoms with E-state index in [-0.39, 0.29) is 12.7 Å². The van der Waals surface area contributed by atoms with E-state index in [1.165, 1.54) is 4.90 Å². The van der Waals surface area contributed by atoms with Crippen molar-refractivity contribution in [1.29, 1.82) is 0 Å². The van der Waals surface area contributed by atoms with Crippen LogP contribution in [0.25, 0.3) is 0 Å². The zero-order chi connectivity index (χ0) is 11.5. The molecule has 0 fully saturated rings. The summed E-state index contributed by atoms with van der Waals surface area (Å²) in [6.07, 6.45) is 4.63. The number of terminal acetylenes is 1. The highest BCUT2D eigenvalue weighted by Gasteiger charge is 2.26. The molecule has 0 atom stereocenters. The second-order valence-electron chi connectivity index (χ2n) is 4.28. The number of ether oxygens (including phenoxy) is 1. The minimum absolute atomic E-state index is 0.120. The van der Waals surface area contributed by atoms with Gasteiger partial charge in [0.1, 0.15) is 5.60 Å². The molecule has 82 valence electrons. The van der Waals surface area contributed by atoms with Crippen molar-refractivity contribution in [2.75, 3.05) is 13.1 Å². The number of nitrogens with zero attached hydrogens (tertiary/aromatic N) is 3. The Labute approximate surface area is 89.5 Å². The Morgan fingerprint density at radius 1 is 1.53 bits per heavy atom. The van der Waals surface area contributed by atoms with Gasteiger partial charge >= 0.3 is 6.09 Å². The maximum absolute atomic E-state index is 11.6. The van der Waals surface area contributed by atoms with Gasteiger partial charge in [-0.05, 0) is 20.8 Å². The number of carbonyl (C=O) groups excluding carboxylic acids is 1. The minimum Gasteiger partial charge on any atom is -0.444 e. The molecule has 0 aromatic rings. The summed E-state index contributed by atoms with van der Waals surface area (Å²) < 4.78 is 5.19. The molecule has 1 aliphatic rings. The molecule has 0 aliphatic carbocycles. The van der Waals surface area contributed by atoms with E-state index in [4.69, 9.17) is 11.2 Å². The number of hydrogen-bond acceptors (Lipinski definition) is 4. The lowest BCUT2D eigenvalue weighted by atomic mass is 10.2. The first-order valence-corrected chi connectivity index (χ1v) is 4.74. The molecule has 0 saturated heterocycles. The van der Waals surface area contributed by atoms with Gasteiger partial charge in [-0.2, -0.15) is 10.2 Å². The average molecular weight is 209 g/mol. The third kappa shape index (κ3) is 4.45. The van der Waals surface area contributed by atoms with Gasteiger partial charge in [-0.25, -0.2) is 4.79 Å². The molecule has 1 amide bonds. The number of amides is 1. The van der Waals surface area contributed by atoms with Crippen LogP contribution in [0.2, 0.25) is 0 Å². The van der Waals surface area contributed by atoms with E-state index >= 15 is 0 Å². The molecule has 0 aromatic carbocycles. The zero-order valence-electron chi connectivity index (χ0n) is 9.23. The van der Waals surface area contributed by atoms with Crippen molar-refractivity contribution in [2.24, 2.45) is 10.2 Å². The molecule has 0 aromatic heterocycles. The first-order valence-electron chi connectivity index (χ1n) is 4.74. The minimum atomic E-state index is -0.512. The van der Waals surface area contributed by atoms with E-state index in [0.29, 0.717) is 6.54 Å². The summed E-state index contributed by atoms with van der Waals surface area (Å²) in [6, 6.07) is 0. The molecule has 0 saturated carbocycles. The molecule has 0 spiro atoms. The normalized spacial score (nSPS) is 14.5. The van der Waals surface area contributed by atoms with E-state index in [2.05, 4.69) is 16.1 Å². The largest absolute Gasteiger partial charge is 0.444 e. The molecular formula is C10H15N3O2. The molecule has 0 N–H and O–H groups in total. The van der Waals surface area contributed by atoms with Crippen LogP contribution >= 0.6 is 0 Å². The predicted octanol–water partition coefficient (Wildman–Crippen LogP) is 1.65. The molecule has 0 bridgehead atoms. The molecule has 0 radical (unpaired) electrons. The van der Waals surface area contributed by atoms with Crippen molar-refractivity contribution in [3.63, 3.8) is 0 Å². The first-order chi connectivity index (χ1) is 6.92. The second-order valence-corrected chi connectivity index (χ2v) is 4.28. The van der Waals surface area contributed by atoms with Crippen molar-refractivity contribution < 1.29 is 9.53 Å². The van der Waals surface area contributed by atoms with Gasteiger partial charge in [0.25, 0.3) is 0 Å². The fraction of sp³-hybridized carbons (Fsp3) is 0.700. The summed E-state index contributed by atoms with van der Waals surface area (Å²) in [4.78, 5) is 13.1. The van der Waals surface area contributed by atoms with Crippen molar-refractivity contribution in [3.05, 3.63) is 0 Å². The summed E-state index contributed by atoms with van der Waals surface area (Å²) in [7, 11) is 0.